The Morgan fingerprint density at radius 2 is 2.24 bits per heavy atom. The third kappa shape index (κ3) is 4.80. The van der Waals surface area contributed by atoms with Crippen LogP contribution in [0.25, 0.3) is 6.08 Å². The Labute approximate surface area is 126 Å². The molecule has 1 aromatic rings. The van der Waals surface area contributed by atoms with Crippen LogP contribution in [0.5, 0.6) is 11.5 Å². The summed E-state index contributed by atoms with van der Waals surface area (Å²) in [5.74, 6) is 1.26. The lowest BCUT2D eigenvalue weighted by Gasteiger charge is -2.10. The second-order valence-electron chi connectivity index (χ2n) is 5.17. The minimum atomic E-state index is 0.0249. The first-order valence-corrected chi connectivity index (χ1v) is 7.37. The number of benzene rings is 1. The Bertz CT molecular complexity index is 542. The van der Waals surface area contributed by atoms with E-state index in [9.17, 15) is 0 Å². The molecule has 0 amide bonds. The number of hydrogen-bond acceptors (Lipinski definition) is 4. The first kappa shape index (κ1) is 15.4. The summed E-state index contributed by atoms with van der Waals surface area (Å²) >= 11 is 0. The summed E-state index contributed by atoms with van der Waals surface area (Å²) in [6, 6.07) is 8.46. The smallest absolute Gasteiger partial charge is 0.174 e. The van der Waals surface area contributed by atoms with Crippen LogP contribution < -0.4 is 14.8 Å². The van der Waals surface area contributed by atoms with E-state index in [2.05, 4.69) is 18.3 Å². The van der Waals surface area contributed by atoms with Gasteiger partial charge in [-0.25, -0.2) is 0 Å². The number of methoxy groups -OCH3 is 1. The number of nitriles is 1. The first-order valence-electron chi connectivity index (χ1n) is 7.37. The van der Waals surface area contributed by atoms with E-state index in [1.54, 1.807) is 7.11 Å². The molecule has 0 heterocycles. The summed E-state index contributed by atoms with van der Waals surface area (Å²) in [6.07, 6.45) is 5.81. The predicted octanol–water partition coefficient (Wildman–Crippen LogP) is 3.14. The van der Waals surface area contributed by atoms with E-state index in [-0.39, 0.29) is 6.61 Å². The van der Waals surface area contributed by atoms with Crippen molar-refractivity contribution in [1.29, 1.82) is 5.26 Å². The van der Waals surface area contributed by atoms with Crippen molar-refractivity contribution in [2.75, 3.05) is 20.3 Å². The van der Waals surface area contributed by atoms with Crippen LogP contribution in [0.15, 0.2) is 23.8 Å². The summed E-state index contributed by atoms with van der Waals surface area (Å²) < 4.78 is 10.7. The molecule has 1 aliphatic rings. The van der Waals surface area contributed by atoms with Gasteiger partial charge in [0.2, 0.25) is 0 Å². The van der Waals surface area contributed by atoms with Gasteiger partial charge in [0, 0.05) is 12.6 Å². The van der Waals surface area contributed by atoms with Crippen molar-refractivity contribution in [2.45, 2.75) is 32.2 Å². The Hall–Kier alpha value is -1.99. The Kier molecular flexibility index (Phi) is 5.65. The van der Waals surface area contributed by atoms with E-state index < -0.39 is 0 Å². The summed E-state index contributed by atoms with van der Waals surface area (Å²) in [4.78, 5) is 0. The minimum Gasteiger partial charge on any atom is -0.493 e. The lowest BCUT2D eigenvalue weighted by Crippen LogP contribution is -2.18. The van der Waals surface area contributed by atoms with Gasteiger partial charge in [0.1, 0.15) is 6.07 Å². The monoisotopic (exact) mass is 286 g/mol. The first-order chi connectivity index (χ1) is 10.3. The van der Waals surface area contributed by atoms with Crippen molar-refractivity contribution in [3.05, 3.63) is 29.3 Å². The van der Waals surface area contributed by atoms with Crippen LogP contribution in [-0.2, 0) is 0 Å². The van der Waals surface area contributed by atoms with Crippen LogP contribution >= 0.6 is 0 Å². The van der Waals surface area contributed by atoms with Crippen molar-refractivity contribution in [2.24, 2.45) is 0 Å². The van der Waals surface area contributed by atoms with Gasteiger partial charge < -0.3 is 14.8 Å². The molecule has 2 rings (SSSR count). The molecule has 1 saturated carbocycles. The predicted molar refractivity (Wildman–Crippen MR) is 83.4 cm³/mol. The maximum Gasteiger partial charge on any atom is 0.174 e. The molecule has 0 spiro atoms. The zero-order valence-electron chi connectivity index (χ0n) is 12.7. The fourth-order valence-electron chi connectivity index (χ4n) is 2.08. The van der Waals surface area contributed by atoms with Crippen LogP contribution in [0.4, 0.5) is 0 Å². The lowest BCUT2D eigenvalue weighted by atomic mass is 10.1. The number of rotatable bonds is 8. The van der Waals surface area contributed by atoms with E-state index in [1.165, 1.54) is 18.4 Å². The van der Waals surface area contributed by atoms with Crippen molar-refractivity contribution in [1.82, 2.24) is 5.32 Å². The van der Waals surface area contributed by atoms with Gasteiger partial charge in [-0.05, 0) is 37.0 Å². The van der Waals surface area contributed by atoms with E-state index >= 15 is 0 Å². The van der Waals surface area contributed by atoms with E-state index in [4.69, 9.17) is 14.7 Å². The quantitative estimate of drug-likeness (QED) is 0.797. The molecule has 0 aromatic heterocycles. The van der Waals surface area contributed by atoms with Crippen LogP contribution in [0.3, 0.4) is 0 Å². The van der Waals surface area contributed by atoms with Gasteiger partial charge in [0.05, 0.1) is 7.11 Å². The molecule has 4 nitrogen and oxygen atoms in total. The summed E-state index contributed by atoms with van der Waals surface area (Å²) in [5.41, 5.74) is 2.46. The maximum absolute atomic E-state index is 8.57. The molecule has 0 unspecified atom stereocenters. The van der Waals surface area contributed by atoms with E-state index in [1.807, 2.05) is 24.3 Å². The van der Waals surface area contributed by atoms with Crippen LogP contribution in [0, 0.1) is 11.3 Å². The molecular formula is C17H22N2O2. The average molecular weight is 286 g/mol. The van der Waals surface area contributed by atoms with Crippen molar-refractivity contribution in [3.8, 4) is 17.6 Å². The van der Waals surface area contributed by atoms with E-state index in [0.717, 1.165) is 24.6 Å². The molecule has 112 valence electrons. The lowest BCUT2D eigenvalue weighted by molar-refractivity contribution is 0.329. The third-order valence-corrected chi connectivity index (χ3v) is 3.50. The number of nitrogens with one attached hydrogen (secondary N) is 1. The molecule has 0 aliphatic heterocycles. The summed E-state index contributed by atoms with van der Waals surface area (Å²) in [5, 5.41) is 12.1. The Morgan fingerprint density at radius 1 is 1.43 bits per heavy atom. The molecule has 1 N–H and O–H groups in total. The molecule has 1 fully saturated rings. The van der Waals surface area contributed by atoms with Crippen molar-refractivity contribution in [3.63, 3.8) is 0 Å². The third-order valence-electron chi connectivity index (χ3n) is 3.50. The SMILES string of the molecule is CCC(=Cc1ccc(OCC#N)c(OC)c1)CNC1CC1. The van der Waals surface area contributed by atoms with Gasteiger partial charge >= 0.3 is 0 Å². The summed E-state index contributed by atoms with van der Waals surface area (Å²) in [6.45, 7) is 3.13. The Morgan fingerprint density at radius 3 is 2.86 bits per heavy atom. The van der Waals surface area contributed by atoms with Crippen molar-refractivity contribution >= 4 is 6.08 Å². The van der Waals surface area contributed by atoms with E-state index in [0.29, 0.717) is 11.5 Å². The fourth-order valence-corrected chi connectivity index (χ4v) is 2.08. The van der Waals surface area contributed by atoms with Gasteiger partial charge in [-0.15, -0.1) is 0 Å². The maximum atomic E-state index is 8.57. The molecule has 0 atom stereocenters. The highest BCUT2D eigenvalue weighted by atomic mass is 16.5. The highest BCUT2D eigenvalue weighted by molar-refractivity contribution is 5.58. The molecular weight excluding hydrogens is 264 g/mol. The molecule has 4 heteroatoms. The Balaban J connectivity index is 2.08. The average Bonchev–Trinajstić information content (AvgIpc) is 3.34. The normalized spacial score (nSPS) is 14.6. The largest absolute Gasteiger partial charge is 0.493 e. The van der Waals surface area contributed by atoms with Crippen molar-refractivity contribution < 1.29 is 9.47 Å². The highest BCUT2D eigenvalue weighted by Crippen LogP contribution is 2.29. The van der Waals surface area contributed by atoms with Gasteiger partial charge in [-0.1, -0.05) is 24.6 Å². The molecule has 1 aliphatic carbocycles. The second kappa shape index (κ2) is 7.70. The summed E-state index contributed by atoms with van der Waals surface area (Å²) in [7, 11) is 1.61. The minimum absolute atomic E-state index is 0.0249. The van der Waals surface area contributed by atoms with Crippen LogP contribution in [0.1, 0.15) is 31.7 Å². The second-order valence-corrected chi connectivity index (χ2v) is 5.17. The topological polar surface area (TPSA) is 54.3 Å². The van der Waals surface area contributed by atoms with Gasteiger partial charge in [-0.3, -0.25) is 0 Å². The van der Waals surface area contributed by atoms with Crippen LogP contribution in [0.2, 0.25) is 0 Å². The zero-order valence-corrected chi connectivity index (χ0v) is 12.7. The number of ether oxygens (including phenoxy) is 2. The number of nitrogens with zero attached hydrogens (tertiary/aromatic N) is 1. The molecule has 21 heavy (non-hydrogen) atoms. The van der Waals surface area contributed by atoms with Gasteiger partial charge in [0.25, 0.3) is 0 Å². The van der Waals surface area contributed by atoms with Gasteiger partial charge in [0.15, 0.2) is 18.1 Å². The van der Waals surface area contributed by atoms with Crippen LogP contribution in [-0.4, -0.2) is 26.3 Å². The molecule has 0 bridgehead atoms. The highest BCUT2D eigenvalue weighted by Gasteiger charge is 2.20. The zero-order chi connectivity index (χ0) is 15.1. The standard InChI is InChI=1S/C17H22N2O2/c1-3-13(12-19-15-5-6-15)10-14-4-7-16(21-9-8-18)17(11-14)20-2/h4,7,10-11,15,19H,3,5-6,9,12H2,1-2H3. The molecule has 0 radical (unpaired) electrons. The van der Waals surface area contributed by atoms with Gasteiger partial charge in [-0.2, -0.15) is 5.26 Å². The molecule has 1 aromatic carbocycles. The molecule has 0 saturated heterocycles. The fraction of sp³-hybridized carbons (Fsp3) is 0.471. The number of hydrogen-bond donors (Lipinski definition) is 1.